The van der Waals surface area contributed by atoms with Gasteiger partial charge >= 0.3 is 5.97 Å². The zero-order valence-electron chi connectivity index (χ0n) is 12.4. The highest BCUT2D eigenvalue weighted by atomic mass is 16.5. The van der Waals surface area contributed by atoms with Crippen molar-refractivity contribution in [2.75, 3.05) is 14.2 Å². The molecule has 4 nitrogen and oxygen atoms in total. The topological polar surface area (TPSA) is 44.8 Å². The van der Waals surface area contributed by atoms with E-state index in [1.165, 1.54) is 7.11 Å². The zero-order chi connectivity index (χ0) is 15.2. The van der Waals surface area contributed by atoms with Crippen LogP contribution in [0.25, 0.3) is 0 Å². The molecule has 0 saturated carbocycles. The summed E-state index contributed by atoms with van der Waals surface area (Å²) in [5, 5.41) is 0. The van der Waals surface area contributed by atoms with Gasteiger partial charge in [-0.05, 0) is 36.2 Å². The number of benzene rings is 2. The molecule has 110 valence electrons. The molecule has 0 aliphatic heterocycles. The summed E-state index contributed by atoms with van der Waals surface area (Å²) in [6, 6.07) is 12.9. The van der Waals surface area contributed by atoms with Crippen molar-refractivity contribution in [2.24, 2.45) is 0 Å². The molecule has 0 aliphatic carbocycles. The van der Waals surface area contributed by atoms with Gasteiger partial charge < -0.3 is 14.2 Å². The van der Waals surface area contributed by atoms with Crippen LogP contribution in [0.4, 0.5) is 0 Å². The summed E-state index contributed by atoms with van der Waals surface area (Å²) < 4.78 is 15.8. The van der Waals surface area contributed by atoms with Crippen molar-refractivity contribution in [3.05, 3.63) is 59.2 Å². The molecule has 0 bridgehead atoms. The second-order valence-electron chi connectivity index (χ2n) is 4.57. The summed E-state index contributed by atoms with van der Waals surface area (Å²) in [6.07, 6.45) is 0. The van der Waals surface area contributed by atoms with E-state index in [0.717, 1.165) is 11.1 Å². The lowest BCUT2D eigenvalue weighted by atomic mass is 10.1. The van der Waals surface area contributed by atoms with E-state index in [-0.39, 0.29) is 0 Å². The van der Waals surface area contributed by atoms with E-state index < -0.39 is 5.97 Å². The summed E-state index contributed by atoms with van der Waals surface area (Å²) in [5.74, 6) is 0.693. The van der Waals surface area contributed by atoms with E-state index >= 15 is 0 Å². The molecule has 0 atom stereocenters. The van der Waals surface area contributed by atoms with Gasteiger partial charge in [-0.15, -0.1) is 0 Å². The third-order valence-electron chi connectivity index (χ3n) is 3.23. The van der Waals surface area contributed by atoms with Crippen LogP contribution in [-0.2, 0) is 11.3 Å². The second kappa shape index (κ2) is 6.79. The van der Waals surface area contributed by atoms with Gasteiger partial charge in [-0.2, -0.15) is 0 Å². The lowest BCUT2D eigenvalue weighted by molar-refractivity contribution is 0.0600. The Labute approximate surface area is 124 Å². The quantitative estimate of drug-likeness (QED) is 0.790. The van der Waals surface area contributed by atoms with Crippen molar-refractivity contribution in [1.29, 1.82) is 0 Å². The Morgan fingerprint density at radius 3 is 2.48 bits per heavy atom. The van der Waals surface area contributed by atoms with Gasteiger partial charge in [-0.3, -0.25) is 0 Å². The van der Waals surface area contributed by atoms with Gasteiger partial charge in [0.15, 0.2) is 11.5 Å². The number of hydrogen-bond acceptors (Lipinski definition) is 4. The number of carbonyl (C=O) groups is 1. The van der Waals surface area contributed by atoms with E-state index in [4.69, 9.17) is 14.2 Å². The first kappa shape index (κ1) is 14.9. The predicted molar refractivity (Wildman–Crippen MR) is 79.8 cm³/mol. The number of carbonyl (C=O) groups excluding carboxylic acids is 1. The Morgan fingerprint density at radius 2 is 1.81 bits per heavy atom. The van der Waals surface area contributed by atoms with Gasteiger partial charge in [0.25, 0.3) is 0 Å². The minimum atomic E-state index is -0.404. The summed E-state index contributed by atoms with van der Waals surface area (Å²) in [7, 11) is 2.91. The Balaban J connectivity index is 2.21. The van der Waals surface area contributed by atoms with Gasteiger partial charge in [0.2, 0.25) is 0 Å². The van der Waals surface area contributed by atoms with E-state index in [9.17, 15) is 4.79 Å². The van der Waals surface area contributed by atoms with E-state index in [1.807, 2.05) is 31.2 Å². The molecule has 0 unspecified atom stereocenters. The van der Waals surface area contributed by atoms with Crippen LogP contribution in [0.3, 0.4) is 0 Å². The third-order valence-corrected chi connectivity index (χ3v) is 3.23. The highest BCUT2D eigenvalue weighted by molar-refractivity contribution is 5.90. The molecular weight excluding hydrogens is 268 g/mol. The summed E-state index contributed by atoms with van der Waals surface area (Å²) in [4.78, 5) is 11.6. The molecule has 0 heterocycles. The third kappa shape index (κ3) is 3.54. The monoisotopic (exact) mass is 286 g/mol. The Morgan fingerprint density at radius 1 is 1.05 bits per heavy atom. The van der Waals surface area contributed by atoms with Crippen LogP contribution in [0.15, 0.2) is 42.5 Å². The van der Waals surface area contributed by atoms with Crippen molar-refractivity contribution in [1.82, 2.24) is 0 Å². The molecule has 0 aromatic heterocycles. The van der Waals surface area contributed by atoms with E-state index in [2.05, 4.69) is 0 Å². The first-order valence-corrected chi connectivity index (χ1v) is 6.59. The van der Waals surface area contributed by atoms with Crippen LogP contribution in [0.1, 0.15) is 21.5 Å². The number of rotatable bonds is 5. The lowest BCUT2D eigenvalue weighted by Crippen LogP contribution is -2.04. The molecule has 0 radical (unpaired) electrons. The summed E-state index contributed by atoms with van der Waals surface area (Å²) in [6.45, 7) is 2.44. The van der Waals surface area contributed by atoms with Crippen LogP contribution in [-0.4, -0.2) is 20.2 Å². The minimum absolute atomic E-state index is 0.404. The van der Waals surface area contributed by atoms with Gasteiger partial charge in [0.1, 0.15) is 6.61 Å². The van der Waals surface area contributed by atoms with Crippen molar-refractivity contribution >= 4 is 5.97 Å². The number of esters is 1. The lowest BCUT2D eigenvalue weighted by Gasteiger charge is -2.13. The molecule has 2 aromatic carbocycles. The molecule has 0 amide bonds. The first-order chi connectivity index (χ1) is 10.2. The second-order valence-corrected chi connectivity index (χ2v) is 4.57. The highest BCUT2D eigenvalue weighted by Crippen LogP contribution is 2.29. The van der Waals surface area contributed by atoms with Crippen LogP contribution >= 0.6 is 0 Å². The molecule has 2 aromatic rings. The van der Waals surface area contributed by atoms with Crippen LogP contribution in [0.2, 0.25) is 0 Å². The van der Waals surface area contributed by atoms with Gasteiger partial charge in [-0.25, -0.2) is 4.79 Å². The van der Waals surface area contributed by atoms with E-state index in [1.54, 1.807) is 25.3 Å². The highest BCUT2D eigenvalue weighted by Gasteiger charge is 2.11. The molecule has 2 rings (SSSR count). The average molecular weight is 286 g/mol. The standard InChI is InChI=1S/C17H18O4/c1-12-6-4-5-7-14(12)11-21-16-10-13(17(18)20-3)8-9-15(16)19-2/h4-10H,11H2,1-3H3. The largest absolute Gasteiger partial charge is 0.493 e. The Bertz CT molecular complexity index is 634. The normalized spacial score (nSPS) is 10.0. The predicted octanol–water partition coefficient (Wildman–Crippen LogP) is 3.37. The maximum atomic E-state index is 11.6. The fourth-order valence-electron chi connectivity index (χ4n) is 1.96. The molecule has 0 aliphatic rings. The van der Waals surface area contributed by atoms with Crippen LogP contribution in [0.5, 0.6) is 11.5 Å². The fourth-order valence-corrected chi connectivity index (χ4v) is 1.96. The summed E-state index contributed by atoms with van der Waals surface area (Å²) >= 11 is 0. The van der Waals surface area contributed by atoms with E-state index in [0.29, 0.717) is 23.7 Å². The maximum Gasteiger partial charge on any atom is 0.337 e. The smallest absolute Gasteiger partial charge is 0.337 e. The van der Waals surface area contributed by atoms with Gasteiger partial charge in [-0.1, -0.05) is 24.3 Å². The number of hydrogen-bond donors (Lipinski definition) is 0. The zero-order valence-corrected chi connectivity index (χ0v) is 12.4. The summed E-state index contributed by atoms with van der Waals surface area (Å²) in [5.41, 5.74) is 2.67. The SMILES string of the molecule is COC(=O)c1ccc(OC)c(OCc2ccccc2C)c1. The maximum absolute atomic E-state index is 11.6. The number of methoxy groups -OCH3 is 2. The van der Waals surface area contributed by atoms with Crippen molar-refractivity contribution < 1.29 is 19.0 Å². The number of ether oxygens (including phenoxy) is 3. The molecule has 0 N–H and O–H groups in total. The number of aryl methyl sites for hydroxylation is 1. The van der Waals surface area contributed by atoms with Crippen molar-refractivity contribution in [3.63, 3.8) is 0 Å². The fraction of sp³-hybridized carbons (Fsp3) is 0.235. The minimum Gasteiger partial charge on any atom is -0.493 e. The Kier molecular flexibility index (Phi) is 4.82. The molecule has 0 saturated heterocycles. The van der Waals surface area contributed by atoms with Gasteiger partial charge in [0.05, 0.1) is 19.8 Å². The molecule has 4 heteroatoms. The molecule has 0 spiro atoms. The van der Waals surface area contributed by atoms with Crippen LogP contribution < -0.4 is 9.47 Å². The Hall–Kier alpha value is -2.49. The van der Waals surface area contributed by atoms with Crippen molar-refractivity contribution in [2.45, 2.75) is 13.5 Å². The molecular formula is C17H18O4. The average Bonchev–Trinajstić information content (AvgIpc) is 2.53. The first-order valence-electron chi connectivity index (χ1n) is 6.59. The molecule has 0 fully saturated rings. The van der Waals surface area contributed by atoms with Gasteiger partial charge in [0, 0.05) is 0 Å². The van der Waals surface area contributed by atoms with Crippen molar-refractivity contribution in [3.8, 4) is 11.5 Å². The van der Waals surface area contributed by atoms with Crippen LogP contribution in [0, 0.1) is 6.92 Å². The molecule has 21 heavy (non-hydrogen) atoms.